The molecule has 4 nitrogen and oxygen atoms in total. The number of piperazine rings is 1. The van der Waals surface area contributed by atoms with Gasteiger partial charge in [0.2, 0.25) is 0 Å². The van der Waals surface area contributed by atoms with E-state index in [0.29, 0.717) is 0 Å². The highest BCUT2D eigenvalue weighted by molar-refractivity contribution is 5.04. The Hall–Kier alpha value is -0.840. The molecule has 0 spiro atoms. The average molecular weight is 249 g/mol. The van der Waals surface area contributed by atoms with Crippen LogP contribution in [0, 0.1) is 0 Å². The van der Waals surface area contributed by atoms with Crippen LogP contribution in [0.15, 0.2) is 23.0 Å². The van der Waals surface area contributed by atoms with Gasteiger partial charge in [0.25, 0.3) is 0 Å². The summed E-state index contributed by atoms with van der Waals surface area (Å²) in [6.45, 7) is 8.16. The summed E-state index contributed by atoms with van der Waals surface area (Å²) < 4.78 is 5.05. The van der Waals surface area contributed by atoms with Crippen molar-refractivity contribution in [1.29, 1.82) is 0 Å². The maximum atomic E-state index is 5.05. The van der Waals surface area contributed by atoms with Crippen molar-refractivity contribution in [3.05, 3.63) is 24.2 Å². The highest BCUT2D eigenvalue weighted by Gasteiger charge is 2.30. The second kappa shape index (κ2) is 5.87. The largest absolute Gasteiger partial charge is 0.472 e. The van der Waals surface area contributed by atoms with Gasteiger partial charge in [0.15, 0.2) is 0 Å². The maximum Gasteiger partial charge on any atom is 0.0947 e. The number of nitrogens with one attached hydrogen (secondary N) is 1. The van der Waals surface area contributed by atoms with Crippen LogP contribution in [0.4, 0.5) is 0 Å². The normalized spacial score (nSPS) is 22.4. The molecule has 0 amide bonds. The Morgan fingerprint density at radius 1 is 1.22 bits per heavy atom. The predicted molar refractivity (Wildman–Crippen MR) is 71.4 cm³/mol. The van der Waals surface area contributed by atoms with Gasteiger partial charge in [-0.3, -0.25) is 9.80 Å². The van der Waals surface area contributed by atoms with Crippen LogP contribution >= 0.6 is 0 Å². The van der Waals surface area contributed by atoms with E-state index >= 15 is 0 Å². The van der Waals surface area contributed by atoms with Gasteiger partial charge >= 0.3 is 0 Å². The molecule has 0 atom stereocenters. The molecule has 4 heteroatoms. The van der Waals surface area contributed by atoms with Crippen molar-refractivity contribution in [3.8, 4) is 0 Å². The highest BCUT2D eigenvalue weighted by Crippen LogP contribution is 2.27. The van der Waals surface area contributed by atoms with E-state index in [1.165, 1.54) is 44.6 Å². The molecule has 0 unspecified atom stereocenters. The van der Waals surface area contributed by atoms with Gasteiger partial charge in [-0.05, 0) is 18.9 Å². The average Bonchev–Trinajstić information content (AvgIpc) is 3.13. The first-order valence-electron chi connectivity index (χ1n) is 7.10. The van der Waals surface area contributed by atoms with E-state index in [1.807, 2.05) is 6.07 Å². The van der Waals surface area contributed by atoms with Crippen molar-refractivity contribution in [2.45, 2.75) is 25.4 Å². The Kier molecular flexibility index (Phi) is 3.98. The van der Waals surface area contributed by atoms with Crippen molar-refractivity contribution >= 4 is 0 Å². The number of rotatable bonds is 6. The van der Waals surface area contributed by atoms with Gasteiger partial charge in [0, 0.05) is 57.4 Å². The van der Waals surface area contributed by atoms with Gasteiger partial charge in [-0.15, -0.1) is 0 Å². The van der Waals surface area contributed by atoms with Gasteiger partial charge in [-0.2, -0.15) is 0 Å². The molecular formula is C14H23N3O. The van der Waals surface area contributed by atoms with E-state index < -0.39 is 0 Å². The van der Waals surface area contributed by atoms with Crippen LogP contribution in [-0.2, 0) is 6.54 Å². The summed E-state index contributed by atoms with van der Waals surface area (Å²) in [5.74, 6) is 0. The molecule has 1 aromatic heterocycles. The first-order valence-corrected chi connectivity index (χ1v) is 7.10. The fourth-order valence-corrected chi connectivity index (χ4v) is 2.65. The Morgan fingerprint density at radius 2 is 2.06 bits per heavy atom. The van der Waals surface area contributed by atoms with Crippen LogP contribution in [0.3, 0.4) is 0 Å². The molecule has 0 radical (unpaired) electrons. The zero-order chi connectivity index (χ0) is 12.2. The summed E-state index contributed by atoms with van der Waals surface area (Å²) in [6.07, 6.45) is 6.41. The monoisotopic (exact) mass is 249 g/mol. The van der Waals surface area contributed by atoms with Gasteiger partial charge < -0.3 is 9.73 Å². The smallest absolute Gasteiger partial charge is 0.0947 e. The van der Waals surface area contributed by atoms with Crippen molar-refractivity contribution in [1.82, 2.24) is 15.1 Å². The molecule has 100 valence electrons. The van der Waals surface area contributed by atoms with E-state index in [1.54, 1.807) is 12.5 Å². The summed E-state index contributed by atoms with van der Waals surface area (Å²) in [5.41, 5.74) is 1.23. The van der Waals surface area contributed by atoms with E-state index in [9.17, 15) is 0 Å². The summed E-state index contributed by atoms with van der Waals surface area (Å²) >= 11 is 0. The van der Waals surface area contributed by atoms with Gasteiger partial charge in [0.05, 0.1) is 12.5 Å². The van der Waals surface area contributed by atoms with Gasteiger partial charge in [0.1, 0.15) is 0 Å². The molecule has 2 aliphatic rings. The lowest BCUT2D eigenvalue weighted by Crippen LogP contribution is -2.48. The first kappa shape index (κ1) is 12.2. The zero-order valence-electron chi connectivity index (χ0n) is 11.0. The van der Waals surface area contributed by atoms with Gasteiger partial charge in [-0.25, -0.2) is 0 Å². The fraction of sp³-hybridized carbons (Fsp3) is 0.714. The molecule has 0 bridgehead atoms. The standard InChI is InChI=1S/C14H23N3O/c1-2-14(1)17-8-6-16(7-9-17)5-4-15-11-13-3-10-18-12-13/h3,10,12,14-15H,1-2,4-9,11H2. The minimum Gasteiger partial charge on any atom is -0.472 e. The van der Waals surface area contributed by atoms with Crippen LogP contribution in [-0.4, -0.2) is 55.1 Å². The second-order valence-electron chi connectivity index (χ2n) is 5.42. The van der Waals surface area contributed by atoms with E-state index in [2.05, 4.69) is 15.1 Å². The van der Waals surface area contributed by atoms with Crippen LogP contribution in [0.25, 0.3) is 0 Å². The minimum atomic E-state index is 0.915. The number of hydrogen-bond donors (Lipinski definition) is 1. The molecule has 1 aromatic rings. The SMILES string of the molecule is c1cc(CNCCN2CCN(C3CC3)CC2)co1. The molecule has 2 fully saturated rings. The summed E-state index contributed by atoms with van der Waals surface area (Å²) in [4.78, 5) is 5.23. The second-order valence-corrected chi connectivity index (χ2v) is 5.42. The van der Waals surface area contributed by atoms with Crippen molar-refractivity contribution in [3.63, 3.8) is 0 Å². The quantitative estimate of drug-likeness (QED) is 0.766. The molecule has 1 aliphatic heterocycles. The minimum absolute atomic E-state index is 0.915. The fourth-order valence-electron chi connectivity index (χ4n) is 2.65. The molecule has 1 saturated carbocycles. The topological polar surface area (TPSA) is 31.6 Å². The Morgan fingerprint density at radius 3 is 2.72 bits per heavy atom. The van der Waals surface area contributed by atoms with Gasteiger partial charge in [-0.1, -0.05) is 0 Å². The molecule has 3 rings (SSSR count). The maximum absolute atomic E-state index is 5.05. The van der Waals surface area contributed by atoms with Crippen LogP contribution in [0.1, 0.15) is 18.4 Å². The Balaban J connectivity index is 1.27. The third-order valence-corrected chi connectivity index (χ3v) is 3.98. The lowest BCUT2D eigenvalue weighted by atomic mass is 10.3. The Labute approximate surface area is 109 Å². The summed E-state index contributed by atoms with van der Waals surface area (Å²) in [5, 5.41) is 3.47. The van der Waals surface area contributed by atoms with Crippen LogP contribution in [0.2, 0.25) is 0 Å². The van der Waals surface area contributed by atoms with E-state index in [-0.39, 0.29) is 0 Å². The Bertz CT molecular complexity index is 340. The lowest BCUT2D eigenvalue weighted by Gasteiger charge is -2.34. The number of nitrogens with zero attached hydrogens (tertiary/aromatic N) is 2. The zero-order valence-corrected chi connectivity index (χ0v) is 11.0. The van der Waals surface area contributed by atoms with E-state index in [4.69, 9.17) is 4.42 Å². The molecular weight excluding hydrogens is 226 g/mol. The molecule has 18 heavy (non-hydrogen) atoms. The van der Waals surface area contributed by atoms with Crippen molar-refractivity contribution in [2.75, 3.05) is 39.3 Å². The van der Waals surface area contributed by atoms with E-state index in [0.717, 1.165) is 25.7 Å². The predicted octanol–water partition coefficient (Wildman–Crippen LogP) is 1.15. The van der Waals surface area contributed by atoms with Crippen LogP contribution in [0.5, 0.6) is 0 Å². The third-order valence-electron chi connectivity index (χ3n) is 3.98. The summed E-state index contributed by atoms with van der Waals surface area (Å²) in [7, 11) is 0. The molecule has 0 aromatic carbocycles. The summed E-state index contributed by atoms with van der Waals surface area (Å²) in [6, 6.07) is 2.95. The molecule has 1 aliphatic carbocycles. The number of furan rings is 1. The first-order chi connectivity index (χ1) is 8.92. The van der Waals surface area contributed by atoms with Crippen LogP contribution < -0.4 is 5.32 Å². The molecule has 1 saturated heterocycles. The third kappa shape index (κ3) is 3.34. The lowest BCUT2D eigenvalue weighted by molar-refractivity contribution is 0.127. The molecule has 1 N–H and O–H groups in total. The van der Waals surface area contributed by atoms with Crippen molar-refractivity contribution < 1.29 is 4.42 Å². The van der Waals surface area contributed by atoms with Crippen molar-refractivity contribution in [2.24, 2.45) is 0 Å². The highest BCUT2D eigenvalue weighted by atomic mass is 16.3. The molecule has 2 heterocycles. The number of hydrogen-bond acceptors (Lipinski definition) is 4.